The first kappa shape index (κ1) is 18.6. The molecule has 2 aromatic carbocycles. The standard InChI is InChI=1S/C22H18N4O3S/c27-19(12-26-20(28)16-4-1-2-5-17(16)21(26)29)24-15-8-6-14(7-9-15)18-13-30-22-23-10-3-11-25(18)22/h1-2,4-9,13H,3,10-12H2,(H,24,27). The number of hydrogen-bond donors (Lipinski definition) is 1. The zero-order chi connectivity index (χ0) is 20.7. The summed E-state index contributed by atoms with van der Waals surface area (Å²) < 4.78 is 0. The number of anilines is 1. The fourth-order valence-electron chi connectivity index (χ4n) is 3.76. The van der Waals surface area contributed by atoms with Gasteiger partial charge in [0.25, 0.3) is 11.8 Å². The number of thioether (sulfide) groups is 1. The maximum absolute atomic E-state index is 12.4. The van der Waals surface area contributed by atoms with Crippen LogP contribution in [0.2, 0.25) is 0 Å². The van der Waals surface area contributed by atoms with Gasteiger partial charge in [0.15, 0.2) is 5.17 Å². The third kappa shape index (κ3) is 3.19. The van der Waals surface area contributed by atoms with Crippen LogP contribution in [0.25, 0.3) is 5.70 Å². The largest absolute Gasteiger partial charge is 0.325 e. The average molecular weight is 418 g/mol. The highest BCUT2D eigenvalue weighted by Crippen LogP contribution is 2.35. The molecule has 0 fully saturated rings. The van der Waals surface area contributed by atoms with E-state index >= 15 is 0 Å². The van der Waals surface area contributed by atoms with Crippen LogP contribution in [-0.4, -0.2) is 52.3 Å². The normalized spacial score (nSPS) is 17.5. The minimum absolute atomic E-state index is 0.316. The van der Waals surface area contributed by atoms with E-state index in [0.29, 0.717) is 16.8 Å². The van der Waals surface area contributed by atoms with Crippen molar-refractivity contribution in [3.63, 3.8) is 0 Å². The van der Waals surface area contributed by atoms with Gasteiger partial charge in [-0.25, -0.2) is 0 Å². The fourth-order valence-corrected chi connectivity index (χ4v) is 4.72. The Labute approximate surface area is 177 Å². The number of hydrogen-bond acceptors (Lipinski definition) is 6. The van der Waals surface area contributed by atoms with E-state index in [4.69, 9.17) is 0 Å². The van der Waals surface area contributed by atoms with Gasteiger partial charge in [0.05, 0.1) is 16.8 Å². The van der Waals surface area contributed by atoms with E-state index in [1.54, 1.807) is 36.0 Å². The first-order valence-electron chi connectivity index (χ1n) is 9.66. The molecule has 5 rings (SSSR count). The molecule has 0 saturated carbocycles. The summed E-state index contributed by atoms with van der Waals surface area (Å²) in [5.74, 6) is -1.30. The molecule has 3 aliphatic heterocycles. The number of amides is 3. The van der Waals surface area contributed by atoms with Gasteiger partial charge in [-0.05, 0) is 36.2 Å². The molecule has 0 aliphatic carbocycles. The second-order valence-electron chi connectivity index (χ2n) is 7.16. The molecule has 0 aromatic heterocycles. The molecule has 2 aromatic rings. The predicted molar refractivity (Wildman–Crippen MR) is 116 cm³/mol. The highest BCUT2D eigenvalue weighted by Gasteiger charge is 2.36. The SMILES string of the molecule is O=C(CN1C(=O)c2ccccc2C1=O)Nc1ccc(C2=CSC3=NCCCN23)cc1. The maximum Gasteiger partial charge on any atom is 0.262 e. The lowest BCUT2D eigenvalue weighted by Gasteiger charge is -2.25. The first-order chi connectivity index (χ1) is 14.6. The summed E-state index contributed by atoms with van der Waals surface area (Å²) in [6.07, 6.45) is 1.04. The van der Waals surface area contributed by atoms with Gasteiger partial charge in [-0.2, -0.15) is 0 Å². The van der Waals surface area contributed by atoms with Gasteiger partial charge >= 0.3 is 0 Å². The molecule has 3 aliphatic rings. The van der Waals surface area contributed by atoms with Crippen LogP contribution in [-0.2, 0) is 4.79 Å². The monoisotopic (exact) mass is 418 g/mol. The number of carbonyl (C=O) groups excluding carboxylic acids is 3. The molecule has 0 radical (unpaired) electrons. The first-order valence-corrected chi connectivity index (χ1v) is 10.5. The summed E-state index contributed by atoms with van der Waals surface area (Å²) in [7, 11) is 0. The third-order valence-electron chi connectivity index (χ3n) is 5.23. The van der Waals surface area contributed by atoms with Gasteiger partial charge in [-0.1, -0.05) is 36.0 Å². The van der Waals surface area contributed by atoms with E-state index in [9.17, 15) is 14.4 Å². The highest BCUT2D eigenvalue weighted by molar-refractivity contribution is 8.16. The lowest BCUT2D eigenvalue weighted by atomic mass is 10.1. The van der Waals surface area contributed by atoms with Crippen molar-refractivity contribution in [3.05, 3.63) is 70.6 Å². The molecule has 3 amide bonds. The van der Waals surface area contributed by atoms with Crippen molar-refractivity contribution in [2.45, 2.75) is 6.42 Å². The number of imide groups is 1. The van der Waals surface area contributed by atoms with Crippen LogP contribution in [0.5, 0.6) is 0 Å². The van der Waals surface area contributed by atoms with Gasteiger partial charge in [-0.3, -0.25) is 24.3 Å². The van der Waals surface area contributed by atoms with E-state index < -0.39 is 17.7 Å². The zero-order valence-corrected chi connectivity index (χ0v) is 16.8. The Morgan fingerprint density at radius 1 is 1.03 bits per heavy atom. The van der Waals surface area contributed by atoms with Crippen molar-refractivity contribution in [2.24, 2.45) is 4.99 Å². The van der Waals surface area contributed by atoms with Crippen molar-refractivity contribution in [1.82, 2.24) is 9.80 Å². The molecule has 0 atom stereocenters. The van der Waals surface area contributed by atoms with Gasteiger partial charge < -0.3 is 10.2 Å². The highest BCUT2D eigenvalue weighted by atomic mass is 32.2. The number of carbonyl (C=O) groups is 3. The Balaban J connectivity index is 1.24. The smallest absolute Gasteiger partial charge is 0.262 e. The summed E-state index contributed by atoms with van der Waals surface area (Å²) in [4.78, 5) is 45.0. The number of rotatable bonds is 4. The number of nitrogens with zero attached hydrogens (tertiary/aromatic N) is 3. The quantitative estimate of drug-likeness (QED) is 0.772. The Hall–Kier alpha value is -3.39. The van der Waals surface area contributed by atoms with Crippen LogP contribution in [0.4, 0.5) is 5.69 Å². The molecule has 0 spiro atoms. The Bertz CT molecular complexity index is 1090. The van der Waals surface area contributed by atoms with E-state index in [0.717, 1.165) is 40.8 Å². The van der Waals surface area contributed by atoms with Crippen LogP contribution in [0.1, 0.15) is 32.7 Å². The van der Waals surface area contributed by atoms with Crippen LogP contribution in [0, 0.1) is 0 Å². The maximum atomic E-state index is 12.4. The summed E-state index contributed by atoms with van der Waals surface area (Å²) >= 11 is 1.63. The third-order valence-corrected chi connectivity index (χ3v) is 6.13. The Morgan fingerprint density at radius 2 is 1.73 bits per heavy atom. The molecule has 0 bridgehead atoms. The number of aliphatic imine (C=N–C) groups is 1. The van der Waals surface area contributed by atoms with Crippen LogP contribution in [0.3, 0.4) is 0 Å². The number of amidine groups is 1. The van der Waals surface area contributed by atoms with Gasteiger partial charge in [0, 0.05) is 24.2 Å². The van der Waals surface area contributed by atoms with Gasteiger partial charge in [-0.15, -0.1) is 0 Å². The van der Waals surface area contributed by atoms with E-state index in [2.05, 4.69) is 20.6 Å². The zero-order valence-electron chi connectivity index (χ0n) is 16.0. The molecule has 8 heteroatoms. The number of fused-ring (bicyclic) bond motifs is 2. The second-order valence-corrected chi connectivity index (χ2v) is 7.99. The van der Waals surface area contributed by atoms with E-state index in [-0.39, 0.29) is 6.54 Å². The van der Waals surface area contributed by atoms with Gasteiger partial charge in [0.1, 0.15) is 6.54 Å². The van der Waals surface area contributed by atoms with Crippen LogP contribution < -0.4 is 5.32 Å². The van der Waals surface area contributed by atoms with E-state index in [1.807, 2.05) is 24.3 Å². The predicted octanol–water partition coefficient (Wildman–Crippen LogP) is 3.03. The molecule has 0 saturated heterocycles. The lowest BCUT2D eigenvalue weighted by molar-refractivity contribution is -0.116. The molecule has 3 heterocycles. The van der Waals surface area contributed by atoms with Crippen LogP contribution >= 0.6 is 11.8 Å². The molecule has 1 N–H and O–H groups in total. The number of benzene rings is 2. The minimum atomic E-state index is -0.439. The molecular weight excluding hydrogens is 400 g/mol. The minimum Gasteiger partial charge on any atom is -0.325 e. The van der Waals surface area contributed by atoms with Gasteiger partial charge in [0.2, 0.25) is 5.91 Å². The summed E-state index contributed by atoms with van der Waals surface area (Å²) in [6.45, 7) is 1.51. The number of nitrogens with one attached hydrogen (secondary N) is 1. The Kier molecular flexibility index (Phi) is 4.63. The van der Waals surface area contributed by atoms with Crippen LogP contribution in [0.15, 0.2) is 58.9 Å². The topological polar surface area (TPSA) is 82.1 Å². The Morgan fingerprint density at radius 3 is 2.43 bits per heavy atom. The van der Waals surface area contributed by atoms with Crippen molar-refractivity contribution < 1.29 is 14.4 Å². The molecule has 150 valence electrons. The van der Waals surface area contributed by atoms with Crippen molar-refractivity contribution in [3.8, 4) is 0 Å². The molecule has 0 unspecified atom stereocenters. The molecule has 30 heavy (non-hydrogen) atoms. The van der Waals surface area contributed by atoms with Crippen molar-refractivity contribution in [2.75, 3.05) is 25.0 Å². The fraction of sp³-hybridized carbons (Fsp3) is 0.182. The van der Waals surface area contributed by atoms with Crippen molar-refractivity contribution in [1.29, 1.82) is 0 Å². The second kappa shape index (κ2) is 7.46. The summed E-state index contributed by atoms with van der Waals surface area (Å²) in [6, 6.07) is 14.1. The average Bonchev–Trinajstić information content (AvgIpc) is 3.30. The lowest BCUT2D eigenvalue weighted by Crippen LogP contribution is -2.37. The summed E-state index contributed by atoms with van der Waals surface area (Å²) in [5, 5.41) is 5.90. The van der Waals surface area contributed by atoms with E-state index in [1.165, 1.54) is 0 Å². The molecular formula is C22H18N4O3S. The van der Waals surface area contributed by atoms with Crippen molar-refractivity contribution >= 4 is 46.0 Å². The molecule has 7 nitrogen and oxygen atoms in total. The summed E-state index contributed by atoms with van der Waals surface area (Å²) in [5.41, 5.74) is 3.44.